The minimum absolute atomic E-state index is 0.0670. The number of rotatable bonds is 4. The summed E-state index contributed by atoms with van der Waals surface area (Å²) >= 11 is 0. The first-order valence-corrected chi connectivity index (χ1v) is 9.27. The van der Waals surface area contributed by atoms with Gasteiger partial charge in [0.05, 0.1) is 28.8 Å². The van der Waals surface area contributed by atoms with Gasteiger partial charge in [-0.1, -0.05) is 12.1 Å². The third-order valence-electron chi connectivity index (χ3n) is 3.91. The van der Waals surface area contributed by atoms with Crippen LogP contribution in [0.25, 0.3) is 5.69 Å². The number of carbonyl (C=O) groups is 1. The van der Waals surface area contributed by atoms with E-state index in [4.69, 9.17) is 0 Å². The number of carbonyl (C=O) groups excluding carboxylic acids is 1. The number of amides is 1. The Labute approximate surface area is 139 Å². The molecule has 24 heavy (non-hydrogen) atoms. The van der Waals surface area contributed by atoms with Crippen LogP contribution in [-0.2, 0) is 14.6 Å². The Bertz CT molecular complexity index is 857. The predicted molar refractivity (Wildman–Crippen MR) is 88.5 cm³/mol. The summed E-state index contributed by atoms with van der Waals surface area (Å²) in [4.78, 5) is 15.9. The van der Waals surface area contributed by atoms with Crippen molar-refractivity contribution in [1.29, 1.82) is 0 Å². The Morgan fingerprint density at radius 3 is 2.67 bits per heavy atom. The number of benzene rings is 1. The molecule has 0 bridgehead atoms. The lowest BCUT2D eigenvalue weighted by molar-refractivity contribution is -0.124. The van der Waals surface area contributed by atoms with Crippen molar-refractivity contribution in [2.75, 3.05) is 11.5 Å². The molecule has 1 N–H and O–H groups in total. The summed E-state index contributed by atoms with van der Waals surface area (Å²) in [5, 5.41) is 8.11. The first-order chi connectivity index (χ1) is 11.4. The molecule has 1 saturated heterocycles. The van der Waals surface area contributed by atoms with Crippen LogP contribution in [0, 0.1) is 5.92 Å². The minimum Gasteiger partial charge on any atom is -0.273 e. The number of nitrogens with one attached hydrogen (secondary N) is 1. The van der Waals surface area contributed by atoms with Crippen LogP contribution in [0.3, 0.4) is 0 Å². The number of nitrogens with zero attached hydrogens (tertiary/aromatic N) is 4. The lowest BCUT2D eigenvalue weighted by Crippen LogP contribution is -2.28. The van der Waals surface area contributed by atoms with E-state index in [1.807, 2.05) is 24.3 Å². The highest BCUT2D eigenvalue weighted by Crippen LogP contribution is 2.18. The fourth-order valence-electron chi connectivity index (χ4n) is 2.49. The van der Waals surface area contributed by atoms with Crippen molar-refractivity contribution in [3.8, 4) is 5.69 Å². The molecule has 0 saturated carbocycles. The first-order valence-electron chi connectivity index (χ1n) is 7.44. The molecule has 9 heteroatoms. The summed E-state index contributed by atoms with van der Waals surface area (Å²) in [7, 11) is -3.08. The van der Waals surface area contributed by atoms with E-state index in [9.17, 15) is 13.2 Å². The molecule has 1 aliphatic rings. The van der Waals surface area contributed by atoms with Crippen LogP contribution in [0.1, 0.15) is 18.9 Å². The monoisotopic (exact) mass is 347 g/mol. The van der Waals surface area contributed by atoms with Crippen LogP contribution < -0.4 is 5.43 Å². The second-order valence-corrected chi connectivity index (χ2v) is 7.89. The SMILES string of the molecule is C/C(=N/NC(=O)[C@H]1CCS(=O)(=O)C1)c1ccc(-n2cncn2)cc1. The highest BCUT2D eigenvalue weighted by atomic mass is 32.2. The van der Waals surface area contributed by atoms with E-state index in [-0.39, 0.29) is 17.4 Å². The van der Waals surface area contributed by atoms with E-state index in [0.29, 0.717) is 12.1 Å². The largest absolute Gasteiger partial charge is 0.273 e. The molecule has 0 spiro atoms. The van der Waals surface area contributed by atoms with E-state index in [1.54, 1.807) is 17.9 Å². The van der Waals surface area contributed by atoms with E-state index in [2.05, 4.69) is 20.6 Å². The Morgan fingerprint density at radius 1 is 1.33 bits per heavy atom. The highest BCUT2D eigenvalue weighted by Gasteiger charge is 2.32. The normalized spacial score (nSPS) is 20.0. The molecule has 1 aromatic heterocycles. The topological polar surface area (TPSA) is 106 Å². The molecule has 1 aromatic carbocycles. The lowest BCUT2D eigenvalue weighted by atomic mass is 10.1. The van der Waals surface area contributed by atoms with Gasteiger partial charge in [-0.05, 0) is 31.0 Å². The van der Waals surface area contributed by atoms with Gasteiger partial charge in [0.1, 0.15) is 12.7 Å². The van der Waals surface area contributed by atoms with Crippen molar-refractivity contribution in [3.05, 3.63) is 42.5 Å². The number of hydrazone groups is 1. The van der Waals surface area contributed by atoms with Crippen LogP contribution in [0.5, 0.6) is 0 Å². The van der Waals surface area contributed by atoms with E-state index < -0.39 is 15.8 Å². The molecular formula is C15H17N5O3S. The summed E-state index contributed by atoms with van der Waals surface area (Å²) in [6, 6.07) is 7.47. The molecule has 1 aliphatic heterocycles. The molecular weight excluding hydrogens is 330 g/mol. The zero-order valence-electron chi connectivity index (χ0n) is 13.1. The summed E-state index contributed by atoms with van der Waals surface area (Å²) in [5.74, 6) is -0.895. The van der Waals surface area contributed by atoms with Gasteiger partial charge in [-0.3, -0.25) is 4.79 Å². The smallest absolute Gasteiger partial charge is 0.244 e. The molecule has 8 nitrogen and oxygen atoms in total. The van der Waals surface area contributed by atoms with Gasteiger partial charge >= 0.3 is 0 Å². The third kappa shape index (κ3) is 3.67. The molecule has 2 heterocycles. The van der Waals surface area contributed by atoms with E-state index >= 15 is 0 Å². The molecule has 1 fully saturated rings. The van der Waals surface area contributed by atoms with Gasteiger partial charge < -0.3 is 0 Å². The summed E-state index contributed by atoms with van der Waals surface area (Å²) in [5.41, 5.74) is 4.80. The summed E-state index contributed by atoms with van der Waals surface area (Å²) in [6.45, 7) is 1.77. The summed E-state index contributed by atoms with van der Waals surface area (Å²) in [6.07, 6.45) is 3.42. The van der Waals surface area contributed by atoms with Crippen LogP contribution in [-0.4, -0.2) is 46.3 Å². The highest BCUT2D eigenvalue weighted by molar-refractivity contribution is 7.91. The van der Waals surface area contributed by atoms with E-state index in [0.717, 1.165) is 11.3 Å². The summed E-state index contributed by atoms with van der Waals surface area (Å²) < 4.78 is 24.5. The number of hydrogen-bond donors (Lipinski definition) is 1. The molecule has 0 radical (unpaired) electrons. The zero-order valence-corrected chi connectivity index (χ0v) is 13.9. The second-order valence-electron chi connectivity index (χ2n) is 5.66. The van der Waals surface area contributed by atoms with Gasteiger partial charge in [0.25, 0.3) is 0 Å². The van der Waals surface area contributed by atoms with Crippen molar-refractivity contribution in [2.24, 2.45) is 11.0 Å². The fraction of sp³-hybridized carbons (Fsp3) is 0.333. The van der Waals surface area contributed by atoms with Gasteiger partial charge in [0.15, 0.2) is 9.84 Å². The molecule has 2 aromatic rings. The van der Waals surface area contributed by atoms with Crippen LogP contribution in [0.15, 0.2) is 42.0 Å². The molecule has 126 valence electrons. The fourth-order valence-corrected chi connectivity index (χ4v) is 4.23. The maximum atomic E-state index is 12.0. The predicted octanol–water partition coefficient (Wildman–Crippen LogP) is 0.542. The van der Waals surface area contributed by atoms with E-state index in [1.165, 1.54) is 6.33 Å². The number of hydrogen-bond acceptors (Lipinski definition) is 6. The van der Waals surface area contributed by atoms with Gasteiger partial charge in [0, 0.05) is 0 Å². The Balaban J connectivity index is 1.64. The second kappa shape index (κ2) is 6.52. The average Bonchev–Trinajstić information content (AvgIpc) is 3.22. The van der Waals surface area contributed by atoms with Crippen molar-refractivity contribution in [1.82, 2.24) is 20.2 Å². The standard InChI is InChI=1S/C15H17N5O3S/c1-11(18-19-15(21)13-6-7-24(22,23)8-13)12-2-4-14(5-3-12)20-10-16-9-17-20/h2-5,9-10,13H,6-8H2,1H3,(H,19,21)/b18-11-/t13-/m0/s1. The molecule has 1 atom stereocenters. The number of sulfone groups is 1. The average molecular weight is 347 g/mol. The molecule has 0 unspecified atom stereocenters. The number of aromatic nitrogens is 3. The van der Waals surface area contributed by atoms with Gasteiger partial charge in [-0.25, -0.2) is 23.5 Å². The van der Waals surface area contributed by atoms with Gasteiger partial charge in [-0.15, -0.1) is 0 Å². The lowest BCUT2D eigenvalue weighted by Gasteiger charge is -2.07. The van der Waals surface area contributed by atoms with Crippen LogP contribution in [0.2, 0.25) is 0 Å². The zero-order chi connectivity index (χ0) is 17.2. The van der Waals surface area contributed by atoms with Crippen molar-refractivity contribution >= 4 is 21.5 Å². The van der Waals surface area contributed by atoms with Gasteiger partial charge in [0.2, 0.25) is 5.91 Å². The Hall–Kier alpha value is -2.55. The van der Waals surface area contributed by atoms with Crippen LogP contribution >= 0.6 is 0 Å². The Kier molecular flexibility index (Phi) is 4.43. The minimum atomic E-state index is -3.08. The quantitative estimate of drug-likeness (QED) is 0.642. The van der Waals surface area contributed by atoms with Gasteiger partial charge in [-0.2, -0.15) is 10.2 Å². The van der Waals surface area contributed by atoms with Crippen molar-refractivity contribution < 1.29 is 13.2 Å². The van der Waals surface area contributed by atoms with Crippen molar-refractivity contribution in [3.63, 3.8) is 0 Å². The van der Waals surface area contributed by atoms with Crippen LogP contribution in [0.4, 0.5) is 0 Å². The van der Waals surface area contributed by atoms with Crippen molar-refractivity contribution in [2.45, 2.75) is 13.3 Å². The molecule has 0 aliphatic carbocycles. The maximum absolute atomic E-state index is 12.0. The molecule has 3 rings (SSSR count). The molecule has 1 amide bonds. The first kappa shape index (κ1) is 16.3. The maximum Gasteiger partial charge on any atom is 0.244 e. The third-order valence-corrected chi connectivity index (χ3v) is 5.67. The Morgan fingerprint density at radius 2 is 2.08 bits per heavy atom.